The summed E-state index contributed by atoms with van der Waals surface area (Å²) >= 11 is 0. The van der Waals surface area contributed by atoms with E-state index in [0.29, 0.717) is 30.3 Å². The van der Waals surface area contributed by atoms with Crippen LogP contribution in [0.3, 0.4) is 0 Å². The van der Waals surface area contributed by atoms with E-state index in [0.717, 1.165) is 5.56 Å². The Morgan fingerprint density at radius 2 is 2.08 bits per heavy atom. The molecular weight excluding hydrogens is 327 g/mol. The molecule has 2 amide bonds. The molecule has 1 N–H and O–H groups in total. The number of nitrogens with one attached hydrogen (secondary N) is 1. The summed E-state index contributed by atoms with van der Waals surface area (Å²) in [5.74, 6) is 1.48. The fourth-order valence-electron chi connectivity index (χ4n) is 2.40. The lowest BCUT2D eigenvalue weighted by Gasteiger charge is -2.18. The lowest BCUT2D eigenvalue weighted by atomic mass is 10.2. The van der Waals surface area contributed by atoms with Crippen LogP contribution in [0.5, 0.6) is 17.2 Å². The minimum atomic E-state index is -0.356. The van der Waals surface area contributed by atoms with Gasteiger partial charge in [0.25, 0.3) is 0 Å². The predicted molar refractivity (Wildman–Crippen MR) is 89.3 cm³/mol. The third kappa shape index (κ3) is 4.53. The van der Waals surface area contributed by atoms with E-state index in [1.54, 1.807) is 24.1 Å². The number of hydrogen-bond donors (Lipinski definition) is 1. The molecule has 1 heterocycles. The van der Waals surface area contributed by atoms with Gasteiger partial charge < -0.3 is 24.4 Å². The molecule has 2 aromatic carbocycles. The van der Waals surface area contributed by atoms with Crippen LogP contribution in [-0.2, 0) is 6.54 Å². The first-order valence-corrected chi connectivity index (χ1v) is 7.88. The Labute approximate surface area is 145 Å². The van der Waals surface area contributed by atoms with Crippen LogP contribution in [0.4, 0.5) is 9.18 Å². The van der Waals surface area contributed by atoms with Gasteiger partial charge >= 0.3 is 6.03 Å². The lowest BCUT2D eigenvalue weighted by Crippen LogP contribution is -2.38. The van der Waals surface area contributed by atoms with E-state index in [9.17, 15) is 9.18 Å². The number of benzene rings is 2. The zero-order chi connectivity index (χ0) is 17.6. The van der Waals surface area contributed by atoms with Crippen molar-refractivity contribution >= 4 is 6.03 Å². The molecule has 25 heavy (non-hydrogen) atoms. The van der Waals surface area contributed by atoms with E-state index >= 15 is 0 Å². The van der Waals surface area contributed by atoms with E-state index in [2.05, 4.69) is 5.32 Å². The molecule has 0 saturated carbocycles. The van der Waals surface area contributed by atoms with Gasteiger partial charge in [-0.2, -0.15) is 0 Å². The van der Waals surface area contributed by atoms with Gasteiger partial charge in [-0.05, 0) is 29.8 Å². The minimum Gasteiger partial charge on any atom is -0.492 e. The summed E-state index contributed by atoms with van der Waals surface area (Å²) in [5.41, 5.74) is 0.943. The first kappa shape index (κ1) is 16.9. The van der Waals surface area contributed by atoms with Crippen molar-refractivity contribution in [2.75, 3.05) is 27.0 Å². The lowest BCUT2D eigenvalue weighted by molar-refractivity contribution is 0.174. The second kappa shape index (κ2) is 7.74. The largest absolute Gasteiger partial charge is 0.492 e. The van der Waals surface area contributed by atoms with Crippen molar-refractivity contribution in [1.82, 2.24) is 10.2 Å². The van der Waals surface area contributed by atoms with Crippen molar-refractivity contribution in [1.29, 1.82) is 0 Å². The zero-order valence-corrected chi connectivity index (χ0v) is 13.8. The monoisotopic (exact) mass is 346 g/mol. The number of rotatable bonds is 6. The third-order valence-electron chi connectivity index (χ3n) is 3.65. The summed E-state index contributed by atoms with van der Waals surface area (Å²) in [5, 5.41) is 2.75. The fourth-order valence-corrected chi connectivity index (χ4v) is 2.40. The van der Waals surface area contributed by atoms with Gasteiger partial charge in [-0.25, -0.2) is 9.18 Å². The molecule has 0 fully saturated rings. The quantitative estimate of drug-likeness (QED) is 0.817. The van der Waals surface area contributed by atoms with E-state index in [1.165, 1.54) is 12.1 Å². The standard InChI is InChI=1S/C18H19FN2O4/c1-21(11-13-5-6-16-17(9-13)25-12-24-16)18(22)20-7-8-23-15-4-2-3-14(19)10-15/h2-6,9-10H,7-8,11-12H2,1H3,(H,20,22). The third-order valence-corrected chi connectivity index (χ3v) is 3.65. The average molecular weight is 346 g/mol. The number of hydrogen-bond acceptors (Lipinski definition) is 4. The SMILES string of the molecule is CN(Cc1ccc2c(c1)OCO2)C(=O)NCCOc1cccc(F)c1. The van der Waals surface area contributed by atoms with E-state index < -0.39 is 0 Å². The number of fused-ring (bicyclic) bond motifs is 1. The summed E-state index contributed by atoms with van der Waals surface area (Å²) in [4.78, 5) is 13.6. The van der Waals surface area contributed by atoms with E-state index in [4.69, 9.17) is 14.2 Å². The molecule has 1 aliphatic rings. The average Bonchev–Trinajstić information content (AvgIpc) is 3.06. The number of amides is 2. The van der Waals surface area contributed by atoms with Crippen molar-refractivity contribution in [2.24, 2.45) is 0 Å². The highest BCUT2D eigenvalue weighted by atomic mass is 19.1. The van der Waals surface area contributed by atoms with Crippen molar-refractivity contribution in [3.8, 4) is 17.2 Å². The van der Waals surface area contributed by atoms with Crippen LogP contribution >= 0.6 is 0 Å². The van der Waals surface area contributed by atoms with Crippen molar-refractivity contribution in [3.05, 3.63) is 53.8 Å². The predicted octanol–water partition coefficient (Wildman–Crippen LogP) is 2.77. The number of carbonyl (C=O) groups is 1. The highest BCUT2D eigenvalue weighted by Crippen LogP contribution is 2.32. The van der Waals surface area contributed by atoms with Gasteiger partial charge in [0.2, 0.25) is 6.79 Å². The first-order valence-electron chi connectivity index (χ1n) is 7.88. The van der Waals surface area contributed by atoms with Gasteiger partial charge in [0.05, 0.1) is 6.54 Å². The number of ether oxygens (including phenoxy) is 3. The fraction of sp³-hybridized carbons (Fsp3) is 0.278. The van der Waals surface area contributed by atoms with Crippen LogP contribution in [0.2, 0.25) is 0 Å². The molecule has 0 spiro atoms. The molecule has 132 valence electrons. The number of halogens is 1. The molecule has 7 heteroatoms. The molecule has 0 aromatic heterocycles. The number of urea groups is 1. The van der Waals surface area contributed by atoms with E-state index in [1.807, 2.05) is 18.2 Å². The molecule has 2 aromatic rings. The van der Waals surface area contributed by atoms with Crippen LogP contribution in [-0.4, -0.2) is 37.9 Å². The van der Waals surface area contributed by atoms with Gasteiger partial charge in [-0.3, -0.25) is 0 Å². The maximum atomic E-state index is 13.0. The van der Waals surface area contributed by atoms with Gasteiger partial charge in [0.15, 0.2) is 11.5 Å². The van der Waals surface area contributed by atoms with Gasteiger partial charge in [-0.1, -0.05) is 12.1 Å². The summed E-state index contributed by atoms with van der Waals surface area (Å²) < 4.78 is 29.0. The molecule has 0 atom stereocenters. The zero-order valence-electron chi connectivity index (χ0n) is 13.8. The molecule has 0 saturated heterocycles. The summed E-state index contributed by atoms with van der Waals surface area (Å²) in [7, 11) is 1.70. The summed E-state index contributed by atoms with van der Waals surface area (Å²) in [6.07, 6.45) is 0. The topological polar surface area (TPSA) is 60.0 Å². The number of carbonyl (C=O) groups excluding carboxylic acids is 1. The first-order chi connectivity index (χ1) is 12.1. The molecular formula is C18H19FN2O4. The van der Waals surface area contributed by atoms with Gasteiger partial charge in [-0.15, -0.1) is 0 Å². The molecule has 0 radical (unpaired) electrons. The molecule has 3 rings (SSSR count). The van der Waals surface area contributed by atoms with Crippen LogP contribution in [0.1, 0.15) is 5.56 Å². The number of nitrogens with zero attached hydrogens (tertiary/aromatic N) is 1. The van der Waals surface area contributed by atoms with Gasteiger partial charge in [0.1, 0.15) is 18.2 Å². The summed E-state index contributed by atoms with van der Waals surface area (Å²) in [6.45, 7) is 1.24. The Kier molecular flexibility index (Phi) is 5.23. The van der Waals surface area contributed by atoms with Crippen molar-refractivity contribution in [3.63, 3.8) is 0 Å². The normalized spacial score (nSPS) is 11.9. The molecule has 0 bridgehead atoms. The maximum absolute atomic E-state index is 13.0. The van der Waals surface area contributed by atoms with Crippen LogP contribution in [0.15, 0.2) is 42.5 Å². The smallest absolute Gasteiger partial charge is 0.317 e. The van der Waals surface area contributed by atoms with Crippen molar-refractivity contribution < 1.29 is 23.4 Å². The van der Waals surface area contributed by atoms with Crippen LogP contribution in [0, 0.1) is 5.82 Å². The van der Waals surface area contributed by atoms with Crippen LogP contribution in [0.25, 0.3) is 0 Å². The molecule has 0 aliphatic carbocycles. The van der Waals surface area contributed by atoms with Crippen molar-refractivity contribution in [2.45, 2.75) is 6.54 Å². The Balaban J connectivity index is 1.42. The minimum absolute atomic E-state index is 0.222. The highest BCUT2D eigenvalue weighted by Gasteiger charge is 2.15. The van der Waals surface area contributed by atoms with Gasteiger partial charge in [0, 0.05) is 19.7 Å². The molecule has 0 unspecified atom stereocenters. The highest BCUT2D eigenvalue weighted by molar-refractivity contribution is 5.73. The maximum Gasteiger partial charge on any atom is 0.317 e. The Morgan fingerprint density at radius 3 is 2.92 bits per heavy atom. The summed E-state index contributed by atoms with van der Waals surface area (Å²) in [6, 6.07) is 11.2. The Bertz CT molecular complexity index is 754. The van der Waals surface area contributed by atoms with Crippen LogP contribution < -0.4 is 19.5 Å². The second-order valence-electron chi connectivity index (χ2n) is 5.58. The molecule has 1 aliphatic heterocycles. The second-order valence-corrected chi connectivity index (χ2v) is 5.58. The Hall–Kier alpha value is -2.96. The Morgan fingerprint density at radius 1 is 1.24 bits per heavy atom. The van der Waals surface area contributed by atoms with E-state index in [-0.39, 0.29) is 25.2 Å². The molecule has 6 nitrogen and oxygen atoms in total.